The highest BCUT2D eigenvalue weighted by Crippen LogP contribution is 2.27. The van der Waals surface area contributed by atoms with E-state index >= 15 is 0 Å². The number of anilines is 1. The molecule has 0 amide bonds. The van der Waals surface area contributed by atoms with Crippen molar-refractivity contribution in [3.8, 4) is 12.1 Å². The smallest absolute Gasteiger partial charge is 0.225 e. The fraction of sp³-hybridized carbons (Fsp3) is 0.316. The molecular weight excluding hydrogens is 328 g/mol. The standard InChI is InChI=1S/C19H22N6O/c1-13-16(10-14-6-8-15(9-7-14)24(2)3)19(26,25(4)5)23-18(12-21)17(11-20)22-13/h6-10,23,26H,1-5H3/b16-10-. The van der Waals surface area contributed by atoms with E-state index in [4.69, 9.17) is 0 Å². The van der Waals surface area contributed by atoms with E-state index in [1.165, 1.54) is 4.90 Å². The Morgan fingerprint density at radius 3 is 2.19 bits per heavy atom. The van der Waals surface area contributed by atoms with Gasteiger partial charge in [-0.2, -0.15) is 10.5 Å². The number of aliphatic hydroxyl groups is 1. The molecule has 0 spiro atoms. The van der Waals surface area contributed by atoms with Gasteiger partial charge in [-0.15, -0.1) is 0 Å². The van der Waals surface area contributed by atoms with Crippen LogP contribution in [0.4, 0.5) is 5.69 Å². The highest BCUT2D eigenvalue weighted by Gasteiger charge is 2.39. The highest BCUT2D eigenvalue weighted by atomic mass is 16.3. The van der Waals surface area contributed by atoms with Gasteiger partial charge in [0.25, 0.3) is 0 Å². The second-order valence-corrected chi connectivity index (χ2v) is 6.38. The molecule has 1 heterocycles. The Morgan fingerprint density at radius 1 is 1.12 bits per heavy atom. The molecular formula is C19H22N6O. The van der Waals surface area contributed by atoms with Crippen LogP contribution in [0.3, 0.4) is 0 Å². The van der Waals surface area contributed by atoms with E-state index in [-0.39, 0.29) is 11.4 Å². The van der Waals surface area contributed by atoms with Gasteiger partial charge in [0.05, 0.1) is 0 Å². The lowest BCUT2D eigenvalue weighted by Crippen LogP contribution is -2.57. The maximum atomic E-state index is 11.2. The van der Waals surface area contributed by atoms with Crippen LogP contribution in [0.15, 0.2) is 46.2 Å². The highest BCUT2D eigenvalue weighted by molar-refractivity contribution is 6.05. The third-order valence-electron chi connectivity index (χ3n) is 4.17. The van der Waals surface area contributed by atoms with Crippen molar-refractivity contribution in [3.63, 3.8) is 0 Å². The third-order valence-corrected chi connectivity index (χ3v) is 4.17. The summed E-state index contributed by atoms with van der Waals surface area (Å²) in [6, 6.07) is 11.6. The first-order valence-electron chi connectivity index (χ1n) is 8.00. The normalized spacial score (nSPS) is 21.6. The van der Waals surface area contributed by atoms with Crippen LogP contribution in [0.2, 0.25) is 0 Å². The number of hydrogen-bond donors (Lipinski definition) is 2. The first-order valence-corrected chi connectivity index (χ1v) is 8.00. The monoisotopic (exact) mass is 350 g/mol. The van der Waals surface area contributed by atoms with Crippen molar-refractivity contribution in [1.82, 2.24) is 10.2 Å². The third kappa shape index (κ3) is 3.60. The van der Waals surface area contributed by atoms with Crippen molar-refractivity contribution >= 4 is 17.5 Å². The number of nitriles is 2. The van der Waals surface area contributed by atoms with Crippen molar-refractivity contribution in [1.29, 1.82) is 10.5 Å². The molecule has 7 nitrogen and oxygen atoms in total. The summed E-state index contributed by atoms with van der Waals surface area (Å²) < 4.78 is 0. The van der Waals surface area contributed by atoms with Gasteiger partial charge >= 0.3 is 0 Å². The molecule has 0 aromatic heterocycles. The zero-order valence-corrected chi connectivity index (χ0v) is 15.6. The molecule has 0 saturated heterocycles. The minimum absolute atomic E-state index is 0.0587. The zero-order valence-electron chi connectivity index (χ0n) is 15.6. The van der Waals surface area contributed by atoms with Crippen LogP contribution < -0.4 is 10.2 Å². The lowest BCUT2D eigenvalue weighted by atomic mass is 10.0. The fourth-order valence-corrected chi connectivity index (χ4v) is 2.59. The molecule has 1 unspecified atom stereocenters. The topological polar surface area (TPSA) is 98.7 Å². The Kier molecular flexibility index (Phi) is 5.47. The van der Waals surface area contributed by atoms with Crippen molar-refractivity contribution in [2.24, 2.45) is 4.99 Å². The first-order chi connectivity index (χ1) is 12.2. The first kappa shape index (κ1) is 19.2. The molecule has 26 heavy (non-hydrogen) atoms. The number of allylic oxidation sites excluding steroid dienone is 2. The molecule has 1 aliphatic heterocycles. The Bertz CT molecular complexity index is 865. The number of nitrogens with one attached hydrogen (secondary N) is 1. The molecule has 0 aliphatic carbocycles. The molecule has 0 bridgehead atoms. The molecule has 0 saturated carbocycles. The Balaban J connectivity index is 2.61. The van der Waals surface area contributed by atoms with Crippen LogP contribution >= 0.6 is 0 Å². The summed E-state index contributed by atoms with van der Waals surface area (Å²) in [6.07, 6.45) is 1.79. The number of rotatable bonds is 3. The molecule has 7 heteroatoms. The van der Waals surface area contributed by atoms with Crippen molar-refractivity contribution in [3.05, 3.63) is 46.8 Å². The molecule has 2 N–H and O–H groups in total. The van der Waals surface area contributed by atoms with Crippen LogP contribution in [0.5, 0.6) is 0 Å². The molecule has 0 fully saturated rings. The molecule has 134 valence electrons. The minimum Gasteiger partial charge on any atom is -0.378 e. The van der Waals surface area contributed by atoms with Crippen LogP contribution in [0.25, 0.3) is 6.08 Å². The SMILES string of the molecule is CC1=NC(C#N)=C(C#N)NC(O)(N(C)C)/C1=C\c1ccc(N(C)C)cc1. The van der Waals surface area contributed by atoms with Crippen molar-refractivity contribution in [2.45, 2.75) is 12.8 Å². The summed E-state index contributed by atoms with van der Waals surface area (Å²) in [5.41, 5.74) is 2.69. The average Bonchev–Trinajstić information content (AvgIpc) is 2.71. The van der Waals surface area contributed by atoms with Gasteiger partial charge in [-0.1, -0.05) is 12.1 Å². The summed E-state index contributed by atoms with van der Waals surface area (Å²) in [4.78, 5) is 7.76. The van der Waals surface area contributed by atoms with Gasteiger partial charge in [-0.05, 0) is 44.8 Å². The van der Waals surface area contributed by atoms with Crippen molar-refractivity contribution in [2.75, 3.05) is 33.1 Å². The number of nitrogens with zero attached hydrogens (tertiary/aromatic N) is 5. The maximum absolute atomic E-state index is 11.2. The van der Waals surface area contributed by atoms with E-state index in [2.05, 4.69) is 10.3 Å². The molecule has 1 aliphatic rings. The minimum atomic E-state index is -1.68. The van der Waals surface area contributed by atoms with Gasteiger partial charge in [-0.25, -0.2) is 4.99 Å². The van der Waals surface area contributed by atoms with E-state index in [0.29, 0.717) is 11.3 Å². The average molecular weight is 350 g/mol. The van der Waals surface area contributed by atoms with E-state index in [1.54, 1.807) is 27.1 Å². The molecule has 2 rings (SSSR count). The zero-order chi connectivity index (χ0) is 19.5. The summed E-state index contributed by atoms with van der Waals surface area (Å²) in [6.45, 7) is 1.70. The fourth-order valence-electron chi connectivity index (χ4n) is 2.59. The lowest BCUT2D eigenvalue weighted by molar-refractivity contribution is -0.0625. The van der Waals surface area contributed by atoms with Gasteiger partial charge in [0.2, 0.25) is 5.85 Å². The maximum Gasteiger partial charge on any atom is 0.225 e. The number of hydrogen-bond acceptors (Lipinski definition) is 7. The molecule has 1 atom stereocenters. The molecule has 1 aromatic carbocycles. The predicted molar refractivity (Wildman–Crippen MR) is 102 cm³/mol. The van der Waals surface area contributed by atoms with E-state index in [0.717, 1.165) is 11.3 Å². The number of benzene rings is 1. The van der Waals surface area contributed by atoms with E-state index in [9.17, 15) is 15.6 Å². The van der Waals surface area contributed by atoms with Gasteiger partial charge in [0.1, 0.15) is 12.1 Å². The van der Waals surface area contributed by atoms with E-state index in [1.807, 2.05) is 55.4 Å². The number of aliphatic imine (C=N–C) groups is 1. The summed E-state index contributed by atoms with van der Waals surface area (Å²) >= 11 is 0. The quantitative estimate of drug-likeness (QED) is 0.805. The molecule has 1 aromatic rings. The van der Waals surface area contributed by atoms with Gasteiger partial charge in [-0.3, -0.25) is 4.90 Å². The van der Waals surface area contributed by atoms with E-state index < -0.39 is 5.85 Å². The van der Waals surface area contributed by atoms with Crippen LogP contribution in [0, 0.1) is 22.7 Å². The Hall–Kier alpha value is -3.13. The van der Waals surface area contributed by atoms with Crippen molar-refractivity contribution < 1.29 is 5.11 Å². The van der Waals surface area contributed by atoms with Crippen LogP contribution in [0.1, 0.15) is 12.5 Å². The van der Waals surface area contributed by atoms with Gasteiger partial charge < -0.3 is 15.3 Å². The second-order valence-electron chi connectivity index (χ2n) is 6.38. The molecule has 0 radical (unpaired) electrons. The van der Waals surface area contributed by atoms with Crippen LogP contribution in [-0.2, 0) is 0 Å². The Labute approximate surface area is 153 Å². The van der Waals surface area contributed by atoms with Gasteiger partial charge in [0, 0.05) is 31.1 Å². The summed E-state index contributed by atoms with van der Waals surface area (Å²) in [5.74, 6) is -1.68. The Morgan fingerprint density at radius 2 is 1.73 bits per heavy atom. The second kappa shape index (κ2) is 7.40. The summed E-state index contributed by atoms with van der Waals surface area (Å²) in [5, 5.41) is 32.6. The predicted octanol–water partition coefficient (Wildman–Crippen LogP) is 1.67. The lowest BCUT2D eigenvalue weighted by Gasteiger charge is -2.36. The van der Waals surface area contributed by atoms with Gasteiger partial charge in [0.15, 0.2) is 11.4 Å². The largest absolute Gasteiger partial charge is 0.378 e. The van der Waals surface area contributed by atoms with Crippen LogP contribution in [-0.4, -0.2) is 49.8 Å². The summed E-state index contributed by atoms with van der Waals surface area (Å²) in [7, 11) is 7.27. The number of likely N-dealkylation sites (N-methyl/N-ethyl adjacent to an activating group) is 1.